The fraction of sp³-hybridized carbons (Fsp3) is 0.500. The minimum absolute atomic E-state index is 0.0689. The summed E-state index contributed by atoms with van der Waals surface area (Å²) in [5.41, 5.74) is 6.36. The molecule has 2 rings (SSSR count). The van der Waals surface area contributed by atoms with Gasteiger partial charge in [-0.3, -0.25) is 0 Å². The molecule has 2 N–H and O–H groups in total. The van der Waals surface area contributed by atoms with Gasteiger partial charge in [0.1, 0.15) is 5.82 Å². The molecule has 0 spiro atoms. The van der Waals surface area contributed by atoms with Gasteiger partial charge < -0.3 is 15.2 Å². The van der Waals surface area contributed by atoms with Gasteiger partial charge in [-0.2, -0.15) is 0 Å². The monoisotopic (exact) mass is 259 g/mol. The number of hydrogen-bond donors (Lipinski definition) is 1. The van der Waals surface area contributed by atoms with Crippen molar-refractivity contribution in [2.75, 3.05) is 14.2 Å². The maximum absolute atomic E-state index is 13.6. The first-order valence-corrected chi connectivity index (χ1v) is 5.76. The zero-order valence-corrected chi connectivity index (χ0v) is 10.6. The van der Waals surface area contributed by atoms with Crippen molar-refractivity contribution in [3.05, 3.63) is 22.5 Å². The third-order valence-electron chi connectivity index (χ3n) is 3.08. The van der Waals surface area contributed by atoms with Gasteiger partial charge in [-0.25, -0.2) is 4.39 Å². The molecular weight excluding hydrogens is 245 g/mol. The Labute approximate surface area is 105 Å². The van der Waals surface area contributed by atoms with E-state index in [0.717, 1.165) is 12.8 Å². The highest BCUT2D eigenvalue weighted by Gasteiger charge is 2.40. The number of halogens is 2. The molecule has 3 nitrogen and oxygen atoms in total. The molecule has 1 aromatic rings. The van der Waals surface area contributed by atoms with Gasteiger partial charge in [0, 0.05) is 17.2 Å². The first-order chi connectivity index (χ1) is 8.00. The van der Waals surface area contributed by atoms with Gasteiger partial charge in [-0.15, -0.1) is 0 Å². The third kappa shape index (κ3) is 2.33. The van der Waals surface area contributed by atoms with E-state index in [0.29, 0.717) is 23.5 Å². The molecule has 94 valence electrons. The largest absolute Gasteiger partial charge is 0.493 e. The maximum Gasteiger partial charge on any atom is 0.165 e. The maximum atomic E-state index is 13.6. The van der Waals surface area contributed by atoms with Crippen LogP contribution in [-0.2, 0) is 6.42 Å². The summed E-state index contributed by atoms with van der Waals surface area (Å²) in [4.78, 5) is 0. The lowest BCUT2D eigenvalue weighted by Crippen LogP contribution is -2.25. The van der Waals surface area contributed by atoms with Gasteiger partial charge >= 0.3 is 0 Å². The van der Waals surface area contributed by atoms with E-state index in [9.17, 15) is 4.39 Å². The molecule has 0 aliphatic heterocycles. The van der Waals surface area contributed by atoms with E-state index in [1.54, 1.807) is 0 Å². The molecule has 0 aromatic heterocycles. The molecule has 0 heterocycles. The van der Waals surface area contributed by atoms with Crippen LogP contribution in [0.3, 0.4) is 0 Å². The number of benzene rings is 1. The van der Waals surface area contributed by atoms with Crippen molar-refractivity contribution < 1.29 is 13.9 Å². The number of hydrogen-bond acceptors (Lipinski definition) is 3. The summed E-state index contributed by atoms with van der Waals surface area (Å²) in [5.74, 6) is 0.299. The Morgan fingerprint density at radius 3 is 2.53 bits per heavy atom. The molecule has 1 aromatic carbocycles. The van der Waals surface area contributed by atoms with Gasteiger partial charge in [0.05, 0.1) is 19.2 Å². The highest BCUT2D eigenvalue weighted by atomic mass is 35.5. The van der Waals surface area contributed by atoms with Crippen LogP contribution in [0.1, 0.15) is 18.4 Å². The van der Waals surface area contributed by atoms with Crippen molar-refractivity contribution in [1.82, 2.24) is 0 Å². The van der Waals surface area contributed by atoms with E-state index in [-0.39, 0.29) is 10.6 Å². The van der Waals surface area contributed by atoms with Crippen LogP contribution in [0.2, 0.25) is 5.02 Å². The van der Waals surface area contributed by atoms with Gasteiger partial charge in [0.25, 0.3) is 0 Å². The molecule has 1 aliphatic rings. The molecule has 0 amide bonds. The van der Waals surface area contributed by atoms with E-state index in [4.69, 9.17) is 26.8 Å². The molecule has 1 aliphatic carbocycles. The third-order valence-corrected chi connectivity index (χ3v) is 3.48. The van der Waals surface area contributed by atoms with Crippen molar-refractivity contribution in [3.63, 3.8) is 0 Å². The first-order valence-electron chi connectivity index (χ1n) is 5.38. The fourth-order valence-corrected chi connectivity index (χ4v) is 2.07. The molecule has 0 bridgehead atoms. The Bertz CT molecular complexity index is 447. The van der Waals surface area contributed by atoms with Crippen LogP contribution in [-0.4, -0.2) is 19.8 Å². The molecule has 0 unspecified atom stereocenters. The van der Waals surface area contributed by atoms with Gasteiger partial charge in [-0.05, 0) is 19.3 Å². The van der Waals surface area contributed by atoms with E-state index in [1.807, 2.05) is 0 Å². The average Bonchev–Trinajstić information content (AvgIpc) is 3.02. The second-order valence-electron chi connectivity index (χ2n) is 4.43. The highest BCUT2D eigenvalue weighted by Crippen LogP contribution is 2.44. The van der Waals surface area contributed by atoms with Crippen LogP contribution < -0.4 is 15.2 Å². The number of nitrogens with two attached hydrogens (primary N) is 1. The van der Waals surface area contributed by atoms with Crippen LogP contribution in [0, 0.1) is 5.82 Å². The van der Waals surface area contributed by atoms with Crippen molar-refractivity contribution >= 4 is 11.6 Å². The minimum atomic E-state index is -0.511. The summed E-state index contributed by atoms with van der Waals surface area (Å²) in [6.45, 7) is 0. The van der Waals surface area contributed by atoms with Crippen molar-refractivity contribution in [1.29, 1.82) is 0 Å². The molecular formula is C12H15ClFNO2. The lowest BCUT2D eigenvalue weighted by atomic mass is 10.0. The lowest BCUT2D eigenvalue weighted by Gasteiger charge is -2.17. The first kappa shape index (κ1) is 12.5. The summed E-state index contributed by atoms with van der Waals surface area (Å²) in [6, 6.07) is 1.22. The Morgan fingerprint density at radius 1 is 1.41 bits per heavy atom. The Hall–Kier alpha value is -1.00. The number of ether oxygens (including phenoxy) is 2. The van der Waals surface area contributed by atoms with Crippen LogP contribution in [0.15, 0.2) is 6.07 Å². The molecule has 1 saturated carbocycles. The molecule has 1 fully saturated rings. The Kier molecular flexibility index (Phi) is 3.19. The predicted molar refractivity (Wildman–Crippen MR) is 64.4 cm³/mol. The highest BCUT2D eigenvalue weighted by molar-refractivity contribution is 6.31. The zero-order valence-electron chi connectivity index (χ0n) is 9.85. The van der Waals surface area contributed by atoms with Crippen LogP contribution in [0.25, 0.3) is 0 Å². The van der Waals surface area contributed by atoms with Crippen LogP contribution in [0.5, 0.6) is 11.5 Å². The quantitative estimate of drug-likeness (QED) is 0.904. The van der Waals surface area contributed by atoms with E-state index in [1.165, 1.54) is 20.3 Å². The fourth-order valence-electron chi connectivity index (χ4n) is 1.86. The standard InChI is InChI=1S/C12H15ClFNO2/c1-16-9-5-8(14)10(13)7(11(9)17-2)6-12(15)3-4-12/h5H,3-4,6,15H2,1-2H3. The normalized spacial score (nSPS) is 16.8. The van der Waals surface area contributed by atoms with Gasteiger partial charge in [0.15, 0.2) is 11.5 Å². The molecule has 5 heteroatoms. The number of methoxy groups -OCH3 is 2. The Balaban J connectivity index is 2.48. The van der Waals surface area contributed by atoms with Crippen molar-refractivity contribution in [3.8, 4) is 11.5 Å². The minimum Gasteiger partial charge on any atom is -0.493 e. The summed E-state index contributed by atoms with van der Waals surface area (Å²) < 4.78 is 24.0. The van der Waals surface area contributed by atoms with Gasteiger partial charge in [0.2, 0.25) is 0 Å². The van der Waals surface area contributed by atoms with Crippen LogP contribution >= 0.6 is 11.6 Å². The lowest BCUT2D eigenvalue weighted by molar-refractivity contribution is 0.348. The van der Waals surface area contributed by atoms with E-state index in [2.05, 4.69) is 0 Å². The molecule has 0 atom stereocenters. The van der Waals surface area contributed by atoms with E-state index < -0.39 is 5.82 Å². The summed E-state index contributed by atoms with van der Waals surface area (Å²) in [6.07, 6.45) is 2.35. The smallest absolute Gasteiger partial charge is 0.165 e. The molecule has 0 saturated heterocycles. The van der Waals surface area contributed by atoms with Crippen molar-refractivity contribution in [2.45, 2.75) is 24.8 Å². The molecule has 0 radical (unpaired) electrons. The second-order valence-corrected chi connectivity index (χ2v) is 4.80. The topological polar surface area (TPSA) is 44.5 Å². The van der Waals surface area contributed by atoms with E-state index >= 15 is 0 Å². The number of rotatable bonds is 4. The average molecular weight is 260 g/mol. The zero-order chi connectivity index (χ0) is 12.6. The SMILES string of the molecule is COc1cc(F)c(Cl)c(CC2(N)CC2)c1OC. The summed E-state index contributed by atoms with van der Waals surface area (Å²) in [5, 5.41) is 0.0689. The Morgan fingerprint density at radius 2 is 2.06 bits per heavy atom. The van der Waals surface area contributed by atoms with Gasteiger partial charge in [-0.1, -0.05) is 11.6 Å². The predicted octanol–water partition coefficient (Wildman–Crippen LogP) is 2.53. The second kappa shape index (κ2) is 4.35. The summed E-state index contributed by atoms with van der Waals surface area (Å²) >= 11 is 5.97. The molecule has 17 heavy (non-hydrogen) atoms. The van der Waals surface area contributed by atoms with Crippen LogP contribution in [0.4, 0.5) is 4.39 Å². The summed E-state index contributed by atoms with van der Waals surface area (Å²) in [7, 11) is 2.97. The van der Waals surface area contributed by atoms with Crippen molar-refractivity contribution in [2.24, 2.45) is 5.73 Å².